The fourth-order valence-corrected chi connectivity index (χ4v) is 3.55. The van der Waals surface area contributed by atoms with Crippen molar-refractivity contribution in [1.29, 1.82) is 0 Å². The van der Waals surface area contributed by atoms with Crippen LogP contribution in [0.5, 0.6) is 0 Å². The van der Waals surface area contributed by atoms with Crippen LogP contribution >= 0.6 is 0 Å². The van der Waals surface area contributed by atoms with Gasteiger partial charge in [-0.15, -0.1) is 0 Å². The van der Waals surface area contributed by atoms with Gasteiger partial charge in [-0.3, -0.25) is 0 Å². The van der Waals surface area contributed by atoms with E-state index in [1.165, 1.54) is 25.3 Å². The van der Waals surface area contributed by atoms with E-state index >= 15 is 0 Å². The summed E-state index contributed by atoms with van der Waals surface area (Å²) in [7, 11) is 0. The summed E-state index contributed by atoms with van der Waals surface area (Å²) in [6.45, 7) is 0. The molecule has 0 saturated heterocycles. The first-order valence-corrected chi connectivity index (χ1v) is 7.22. The van der Waals surface area contributed by atoms with Gasteiger partial charge in [0.15, 0.2) is 11.6 Å². The summed E-state index contributed by atoms with van der Waals surface area (Å²) in [6, 6.07) is 3.94. The van der Waals surface area contributed by atoms with Crippen molar-refractivity contribution in [3.63, 3.8) is 0 Å². The molecular weight excluding hydrogens is 246 g/mol. The summed E-state index contributed by atoms with van der Waals surface area (Å²) >= 11 is 0. The average Bonchev–Trinajstić information content (AvgIpc) is 3.18. The van der Waals surface area contributed by atoms with E-state index < -0.39 is 17.2 Å². The highest BCUT2D eigenvalue weighted by Crippen LogP contribution is 2.47. The van der Waals surface area contributed by atoms with Crippen molar-refractivity contribution in [2.75, 3.05) is 0 Å². The summed E-state index contributed by atoms with van der Waals surface area (Å²) in [5.41, 5.74) is -0.0340. The van der Waals surface area contributed by atoms with Crippen LogP contribution in [0.1, 0.15) is 44.1 Å². The molecule has 3 heteroatoms. The second kappa shape index (κ2) is 4.86. The highest BCUT2D eigenvalue weighted by Gasteiger charge is 2.40. The molecule has 2 unspecified atom stereocenters. The normalized spacial score (nSPS) is 31.4. The zero-order chi connectivity index (χ0) is 13.5. The van der Waals surface area contributed by atoms with Gasteiger partial charge in [0.05, 0.1) is 5.60 Å². The van der Waals surface area contributed by atoms with Crippen LogP contribution in [-0.4, -0.2) is 10.7 Å². The van der Waals surface area contributed by atoms with Crippen LogP contribution in [0.15, 0.2) is 18.2 Å². The molecule has 0 amide bonds. The Hall–Kier alpha value is -0.960. The Labute approximate surface area is 112 Å². The van der Waals surface area contributed by atoms with Gasteiger partial charge < -0.3 is 5.11 Å². The van der Waals surface area contributed by atoms with Crippen molar-refractivity contribution in [1.82, 2.24) is 0 Å². The maximum Gasteiger partial charge on any atom is 0.159 e. The largest absolute Gasteiger partial charge is 0.390 e. The predicted octanol–water partition coefficient (Wildman–Crippen LogP) is 3.84. The van der Waals surface area contributed by atoms with Crippen LogP contribution in [0.3, 0.4) is 0 Å². The molecule has 1 N–H and O–H groups in total. The van der Waals surface area contributed by atoms with Gasteiger partial charge in [-0.2, -0.15) is 0 Å². The van der Waals surface area contributed by atoms with Gasteiger partial charge in [0, 0.05) is 6.42 Å². The molecule has 0 aliphatic heterocycles. The van der Waals surface area contributed by atoms with Crippen molar-refractivity contribution in [2.45, 2.75) is 50.5 Å². The van der Waals surface area contributed by atoms with Gasteiger partial charge in [-0.05, 0) is 61.6 Å². The van der Waals surface area contributed by atoms with E-state index in [2.05, 4.69) is 0 Å². The number of aliphatic hydroxyl groups is 1. The van der Waals surface area contributed by atoms with Crippen molar-refractivity contribution < 1.29 is 13.9 Å². The van der Waals surface area contributed by atoms with Gasteiger partial charge in [0.1, 0.15) is 0 Å². The summed E-state index contributed by atoms with van der Waals surface area (Å²) in [4.78, 5) is 0. The number of benzene rings is 1. The van der Waals surface area contributed by atoms with E-state index in [0.29, 0.717) is 17.9 Å². The first-order valence-electron chi connectivity index (χ1n) is 7.22. The molecule has 2 saturated carbocycles. The van der Waals surface area contributed by atoms with Crippen molar-refractivity contribution in [3.05, 3.63) is 35.4 Å². The Kier molecular flexibility index (Phi) is 3.34. The van der Waals surface area contributed by atoms with Crippen LogP contribution in [0.2, 0.25) is 0 Å². The fraction of sp³-hybridized carbons (Fsp3) is 0.625. The minimum absolute atomic E-state index is 0.438. The molecule has 0 heterocycles. The standard InChI is InChI=1S/C16H20F2O/c17-14-6-3-11(8-15(14)18)9-16(19)7-1-2-13(10-16)12-4-5-12/h3,6,8,12-13,19H,1-2,4-5,7,9-10H2. The highest BCUT2D eigenvalue weighted by molar-refractivity contribution is 5.20. The Balaban J connectivity index is 1.71. The molecule has 2 aliphatic rings. The molecule has 1 aromatic carbocycles. The van der Waals surface area contributed by atoms with E-state index in [0.717, 1.165) is 31.2 Å². The molecule has 0 bridgehead atoms. The van der Waals surface area contributed by atoms with Crippen LogP contribution < -0.4 is 0 Å². The van der Waals surface area contributed by atoms with Crippen molar-refractivity contribution in [2.24, 2.45) is 11.8 Å². The highest BCUT2D eigenvalue weighted by atomic mass is 19.2. The first kappa shape index (κ1) is 13.0. The summed E-state index contributed by atoms with van der Waals surface area (Å²) in [5.74, 6) is -0.216. The van der Waals surface area contributed by atoms with Crippen molar-refractivity contribution in [3.8, 4) is 0 Å². The first-order chi connectivity index (χ1) is 9.06. The van der Waals surface area contributed by atoms with E-state index in [1.54, 1.807) is 6.07 Å². The SMILES string of the molecule is OC1(Cc2ccc(F)c(F)c2)CCCC(C2CC2)C1. The van der Waals surface area contributed by atoms with Gasteiger partial charge in [0.2, 0.25) is 0 Å². The fourth-order valence-electron chi connectivity index (χ4n) is 3.55. The Morgan fingerprint density at radius 1 is 1.11 bits per heavy atom. The molecule has 1 nitrogen and oxygen atoms in total. The van der Waals surface area contributed by atoms with Gasteiger partial charge >= 0.3 is 0 Å². The van der Waals surface area contributed by atoms with Gasteiger partial charge in [-0.25, -0.2) is 8.78 Å². The molecule has 2 aliphatic carbocycles. The lowest BCUT2D eigenvalue weighted by atomic mass is 9.73. The molecule has 1 aromatic rings. The van der Waals surface area contributed by atoms with Crippen LogP contribution in [0, 0.1) is 23.5 Å². The van der Waals surface area contributed by atoms with Crippen LogP contribution in [0.25, 0.3) is 0 Å². The van der Waals surface area contributed by atoms with Gasteiger partial charge in [-0.1, -0.05) is 12.5 Å². The van der Waals surface area contributed by atoms with E-state index in [9.17, 15) is 13.9 Å². The second-order valence-electron chi connectivity index (χ2n) is 6.34. The summed E-state index contributed by atoms with van der Waals surface area (Å²) in [5, 5.41) is 10.7. The smallest absolute Gasteiger partial charge is 0.159 e. The van der Waals surface area contributed by atoms with Gasteiger partial charge in [0.25, 0.3) is 0 Å². The molecule has 2 fully saturated rings. The minimum atomic E-state index is -0.824. The quantitative estimate of drug-likeness (QED) is 0.881. The molecule has 0 spiro atoms. The molecular formula is C16H20F2O. The molecule has 0 aromatic heterocycles. The lowest BCUT2D eigenvalue weighted by Crippen LogP contribution is -2.38. The third kappa shape index (κ3) is 2.97. The van der Waals surface area contributed by atoms with E-state index in [4.69, 9.17) is 0 Å². The third-order valence-corrected chi connectivity index (χ3v) is 4.67. The molecule has 19 heavy (non-hydrogen) atoms. The summed E-state index contributed by atoms with van der Waals surface area (Å²) < 4.78 is 26.1. The second-order valence-corrected chi connectivity index (χ2v) is 6.34. The average molecular weight is 266 g/mol. The number of hydrogen-bond donors (Lipinski definition) is 1. The van der Waals surface area contributed by atoms with E-state index in [-0.39, 0.29) is 0 Å². The number of halogens is 2. The lowest BCUT2D eigenvalue weighted by molar-refractivity contribution is -0.0196. The predicted molar refractivity (Wildman–Crippen MR) is 69.7 cm³/mol. The molecule has 2 atom stereocenters. The lowest BCUT2D eigenvalue weighted by Gasteiger charge is -2.37. The number of rotatable bonds is 3. The minimum Gasteiger partial charge on any atom is -0.390 e. The van der Waals surface area contributed by atoms with Crippen LogP contribution in [-0.2, 0) is 6.42 Å². The van der Waals surface area contributed by atoms with Crippen molar-refractivity contribution >= 4 is 0 Å². The Bertz CT molecular complexity index is 470. The molecule has 3 rings (SSSR count). The Morgan fingerprint density at radius 3 is 2.58 bits per heavy atom. The molecule has 0 radical (unpaired) electrons. The summed E-state index contributed by atoms with van der Waals surface area (Å²) in [6.07, 6.45) is 6.88. The Morgan fingerprint density at radius 2 is 1.89 bits per heavy atom. The van der Waals surface area contributed by atoms with E-state index in [1.807, 2.05) is 0 Å². The zero-order valence-corrected chi connectivity index (χ0v) is 11.0. The maximum absolute atomic E-state index is 13.2. The topological polar surface area (TPSA) is 20.2 Å². The monoisotopic (exact) mass is 266 g/mol. The third-order valence-electron chi connectivity index (χ3n) is 4.67. The zero-order valence-electron chi connectivity index (χ0n) is 11.0. The maximum atomic E-state index is 13.2. The molecule has 104 valence electrons. The van der Waals surface area contributed by atoms with Crippen LogP contribution in [0.4, 0.5) is 8.78 Å². The number of hydrogen-bond acceptors (Lipinski definition) is 1.